The maximum Gasteiger partial charge on any atom is 0.251 e. The molecule has 2 aromatic carbocycles. The number of amides is 1. The Labute approximate surface area is 180 Å². The summed E-state index contributed by atoms with van der Waals surface area (Å²) in [6.07, 6.45) is 0.624. The highest BCUT2D eigenvalue weighted by Crippen LogP contribution is 2.45. The van der Waals surface area contributed by atoms with Gasteiger partial charge >= 0.3 is 0 Å². The van der Waals surface area contributed by atoms with E-state index in [9.17, 15) is 4.79 Å². The van der Waals surface area contributed by atoms with Crippen LogP contribution in [0.1, 0.15) is 28.4 Å². The van der Waals surface area contributed by atoms with Gasteiger partial charge in [-0.1, -0.05) is 12.1 Å². The number of nitrogens with one attached hydrogen (secondary N) is 1. The van der Waals surface area contributed by atoms with Crippen LogP contribution in [0.15, 0.2) is 36.4 Å². The Bertz CT molecular complexity index is 1180. The first-order valence-electron chi connectivity index (χ1n) is 9.87. The monoisotopic (exact) mass is 421 g/mol. The molecule has 0 bridgehead atoms. The number of aromatic nitrogens is 1. The van der Waals surface area contributed by atoms with Gasteiger partial charge in [0.2, 0.25) is 0 Å². The molecule has 2 aliphatic heterocycles. The highest BCUT2D eigenvalue weighted by molar-refractivity contribution is 7.80. The van der Waals surface area contributed by atoms with E-state index < -0.39 is 0 Å². The normalized spacial score (nSPS) is 20.5. The number of nitrogens with zero attached hydrogens (tertiary/aromatic N) is 2. The molecule has 154 valence electrons. The predicted molar refractivity (Wildman–Crippen MR) is 119 cm³/mol. The van der Waals surface area contributed by atoms with Gasteiger partial charge in [-0.3, -0.25) is 9.69 Å². The molecule has 1 aromatic heterocycles. The second-order valence-corrected chi connectivity index (χ2v) is 8.29. The number of carbonyl (C=O) groups excluding carboxylic acids is 1. The molecular formula is C23H23N3O3S. The zero-order valence-electron chi connectivity index (χ0n) is 17.4. The lowest BCUT2D eigenvalue weighted by Crippen LogP contribution is -2.44. The van der Waals surface area contributed by atoms with Gasteiger partial charge in [-0.25, -0.2) is 0 Å². The third-order valence-electron chi connectivity index (χ3n) is 6.19. The third-order valence-corrected chi connectivity index (χ3v) is 6.68. The Hall–Kier alpha value is -3.06. The number of carbonyl (C=O) groups is 1. The first-order valence-corrected chi connectivity index (χ1v) is 10.3. The summed E-state index contributed by atoms with van der Waals surface area (Å²) in [5, 5.41) is 1.70. The van der Waals surface area contributed by atoms with Crippen molar-refractivity contribution < 1.29 is 14.3 Å². The summed E-state index contributed by atoms with van der Waals surface area (Å²) in [6.45, 7) is 2.08. The van der Waals surface area contributed by atoms with Gasteiger partial charge in [0.1, 0.15) is 17.5 Å². The lowest BCUT2D eigenvalue weighted by molar-refractivity contribution is -0.127. The number of ether oxygens (including phenoxy) is 2. The van der Waals surface area contributed by atoms with Crippen molar-refractivity contribution in [2.24, 2.45) is 0 Å². The molecule has 6 nitrogen and oxygen atoms in total. The summed E-state index contributed by atoms with van der Waals surface area (Å²) < 4.78 is 11.0. The molecule has 0 radical (unpaired) electrons. The summed E-state index contributed by atoms with van der Waals surface area (Å²) in [6, 6.07) is 11.7. The number of H-pyrrole nitrogens is 1. The highest BCUT2D eigenvalue weighted by Gasteiger charge is 2.49. The zero-order valence-corrected chi connectivity index (χ0v) is 18.2. The fourth-order valence-electron chi connectivity index (χ4n) is 4.71. The van der Waals surface area contributed by atoms with Gasteiger partial charge < -0.3 is 19.4 Å². The summed E-state index contributed by atoms with van der Waals surface area (Å²) in [7, 11) is 5.02. The molecule has 3 aromatic rings. The molecule has 2 aliphatic rings. The lowest BCUT2D eigenvalue weighted by atomic mass is 9.88. The first kappa shape index (κ1) is 18.9. The average molecular weight is 422 g/mol. The minimum absolute atomic E-state index is 0.0342. The molecule has 1 saturated heterocycles. The minimum atomic E-state index is -0.322. The van der Waals surface area contributed by atoms with Gasteiger partial charge in [0.25, 0.3) is 5.91 Å². The Kier molecular flexibility index (Phi) is 4.25. The maximum atomic E-state index is 13.0. The smallest absolute Gasteiger partial charge is 0.251 e. The number of aryl methyl sites for hydroxylation is 1. The molecule has 30 heavy (non-hydrogen) atoms. The van der Waals surface area contributed by atoms with E-state index in [1.165, 1.54) is 11.1 Å². The van der Waals surface area contributed by atoms with Crippen LogP contribution < -0.4 is 9.47 Å². The quantitative estimate of drug-likeness (QED) is 0.656. The van der Waals surface area contributed by atoms with E-state index in [1.807, 2.05) is 18.2 Å². The van der Waals surface area contributed by atoms with E-state index in [1.54, 1.807) is 26.2 Å². The van der Waals surface area contributed by atoms with Gasteiger partial charge in [-0.05, 0) is 54.0 Å². The van der Waals surface area contributed by atoms with Crippen LogP contribution in [0.3, 0.4) is 0 Å². The van der Waals surface area contributed by atoms with Crippen LogP contribution in [0.4, 0.5) is 0 Å². The molecule has 1 N–H and O–H groups in total. The summed E-state index contributed by atoms with van der Waals surface area (Å²) in [4.78, 5) is 20.3. The third kappa shape index (κ3) is 2.61. The van der Waals surface area contributed by atoms with E-state index in [0.29, 0.717) is 23.0 Å². The van der Waals surface area contributed by atoms with Crippen molar-refractivity contribution in [3.05, 3.63) is 58.8 Å². The molecule has 0 saturated carbocycles. The number of likely N-dealkylation sites (N-methyl/N-ethyl adjacent to an activating group) is 1. The minimum Gasteiger partial charge on any atom is -0.497 e. The standard InChI is InChI=1S/C23H23N3O3S/c1-12-5-6-16-17-11-19-22(27)25(2)23(30)26(19)21(20(17)24-18(16)7-12)13-8-14(28-3)10-15(9-13)29-4/h5-10,19,21,24H,11H2,1-4H3. The number of thiocarbonyl (C=S) groups is 1. The van der Waals surface area contributed by atoms with Crippen molar-refractivity contribution in [3.8, 4) is 11.5 Å². The predicted octanol–water partition coefficient (Wildman–Crippen LogP) is 3.57. The van der Waals surface area contributed by atoms with Crippen LogP contribution in [0.2, 0.25) is 0 Å². The molecule has 2 atom stereocenters. The van der Waals surface area contributed by atoms with Crippen molar-refractivity contribution in [2.75, 3.05) is 21.3 Å². The molecular weight excluding hydrogens is 398 g/mol. The van der Waals surface area contributed by atoms with E-state index in [-0.39, 0.29) is 18.0 Å². The Morgan fingerprint density at radius 1 is 1.10 bits per heavy atom. The van der Waals surface area contributed by atoms with Crippen LogP contribution >= 0.6 is 12.2 Å². The van der Waals surface area contributed by atoms with E-state index >= 15 is 0 Å². The maximum absolute atomic E-state index is 13.0. The largest absolute Gasteiger partial charge is 0.497 e. The number of hydrogen-bond donors (Lipinski definition) is 1. The second kappa shape index (κ2) is 6.74. The summed E-state index contributed by atoms with van der Waals surface area (Å²) >= 11 is 5.70. The SMILES string of the molecule is COc1cc(OC)cc(C2c3[nH]c4cc(C)ccc4c3CC3C(=O)N(C)C(=S)N32)c1. The van der Waals surface area contributed by atoms with Crippen LogP contribution in [0.5, 0.6) is 11.5 Å². The van der Waals surface area contributed by atoms with Gasteiger partial charge in [0.05, 0.1) is 20.3 Å². The molecule has 3 heterocycles. The number of benzene rings is 2. The zero-order chi connectivity index (χ0) is 21.2. The fraction of sp³-hybridized carbons (Fsp3) is 0.304. The van der Waals surface area contributed by atoms with Gasteiger partial charge in [0, 0.05) is 36.1 Å². The van der Waals surface area contributed by atoms with Crippen LogP contribution in [-0.2, 0) is 11.2 Å². The number of fused-ring (bicyclic) bond motifs is 4. The topological polar surface area (TPSA) is 57.8 Å². The van der Waals surface area contributed by atoms with E-state index in [0.717, 1.165) is 22.2 Å². The highest BCUT2D eigenvalue weighted by atomic mass is 32.1. The van der Waals surface area contributed by atoms with Crippen molar-refractivity contribution in [3.63, 3.8) is 0 Å². The Morgan fingerprint density at radius 2 is 1.80 bits per heavy atom. The van der Waals surface area contributed by atoms with Gasteiger partial charge in [-0.2, -0.15) is 0 Å². The molecule has 0 aliphatic carbocycles. The number of methoxy groups -OCH3 is 2. The van der Waals surface area contributed by atoms with Crippen molar-refractivity contribution in [1.82, 2.24) is 14.8 Å². The molecule has 2 unspecified atom stereocenters. The molecule has 1 fully saturated rings. The van der Waals surface area contributed by atoms with Crippen molar-refractivity contribution in [1.29, 1.82) is 0 Å². The van der Waals surface area contributed by atoms with Gasteiger partial charge in [0.15, 0.2) is 5.11 Å². The fourth-order valence-corrected chi connectivity index (χ4v) is 5.03. The molecule has 0 spiro atoms. The number of hydrogen-bond acceptors (Lipinski definition) is 4. The Balaban J connectivity index is 1.78. The first-order chi connectivity index (χ1) is 14.4. The van der Waals surface area contributed by atoms with Crippen molar-refractivity contribution in [2.45, 2.75) is 25.4 Å². The van der Waals surface area contributed by atoms with E-state index in [2.05, 4.69) is 35.0 Å². The number of rotatable bonds is 3. The summed E-state index contributed by atoms with van der Waals surface area (Å²) in [5.74, 6) is 1.43. The van der Waals surface area contributed by atoms with Crippen LogP contribution in [0.25, 0.3) is 10.9 Å². The van der Waals surface area contributed by atoms with Crippen molar-refractivity contribution >= 4 is 34.1 Å². The second-order valence-electron chi connectivity index (χ2n) is 7.92. The molecule has 1 amide bonds. The lowest BCUT2D eigenvalue weighted by Gasteiger charge is -2.37. The summed E-state index contributed by atoms with van der Waals surface area (Å²) in [5.41, 5.74) is 5.46. The number of aromatic amines is 1. The van der Waals surface area contributed by atoms with Crippen LogP contribution in [0, 0.1) is 6.92 Å². The van der Waals surface area contributed by atoms with Gasteiger partial charge in [-0.15, -0.1) is 0 Å². The van der Waals surface area contributed by atoms with Crippen LogP contribution in [-0.4, -0.2) is 53.1 Å². The van der Waals surface area contributed by atoms with E-state index in [4.69, 9.17) is 21.7 Å². The molecule has 5 rings (SSSR count). The molecule has 7 heteroatoms. The Morgan fingerprint density at radius 3 is 2.47 bits per heavy atom. The average Bonchev–Trinajstić information content (AvgIpc) is 3.21.